The molecule has 0 aliphatic carbocycles. The van der Waals surface area contributed by atoms with Gasteiger partial charge >= 0.3 is 5.69 Å². The van der Waals surface area contributed by atoms with Crippen LogP contribution >= 0.6 is 0 Å². The molecule has 1 amide bonds. The van der Waals surface area contributed by atoms with E-state index in [2.05, 4.69) is 26.1 Å². The van der Waals surface area contributed by atoms with Crippen LogP contribution in [-0.2, 0) is 5.41 Å². The third-order valence-electron chi connectivity index (χ3n) is 4.30. The van der Waals surface area contributed by atoms with Gasteiger partial charge in [0.05, 0.1) is 12.0 Å². The highest BCUT2D eigenvalue weighted by Crippen LogP contribution is 2.27. The van der Waals surface area contributed by atoms with Crippen molar-refractivity contribution < 1.29 is 24.3 Å². The number of aliphatic hydroxyl groups excluding tert-OH is 1. The summed E-state index contributed by atoms with van der Waals surface area (Å²) in [5, 5.41) is 23.6. The number of carbonyl (C=O) groups is 1. The number of methoxy groups -OCH3 is 1. The molecule has 0 unspecified atom stereocenters. The minimum Gasteiger partial charge on any atom is -0.491 e. The van der Waals surface area contributed by atoms with Crippen LogP contribution in [0.3, 0.4) is 0 Å². The molecule has 0 spiro atoms. The van der Waals surface area contributed by atoms with Crippen LogP contribution in [0, 0.1) is 10.1 Å². The van der Waals surface area contributed by atoms with Gasteiger partial charge in [0.1, 0.15) is 18.5 Å². The van der Waals surface area contributed by atoms with Crippen LogP contribution in [0.25, 0.3) is 0 Å². The third kappa shape index (κ3) is 6.18. The Kier molecular flexibility index (Phi) is 7.17. The summed E-state index contributed by atoms with van der Waals surface area (Å²) in [6.45, 7) is 6.29. The van der Waals surface area contributed by atoms with E-state index in [0.717, 1.165) is 6.07 Å². The van der Waals surface area contributed by atoms with E-state index in [4.69, 9.17) is 9.47 Å². The van der Waals surface area contributed by atoms with Gasteiger partial charge in [0.15, 0.2) is 5.75 Å². The molecule has 0 aromatic heterocycles. The number of hydrogen-bond donors (Lipinski definition) is 2. The Morgan fingerprint density at radius 3 is 2.41 bits per heavy atom. The van der Waals surface area contributed by atoms with Gasteiger partial charge in [-0.25, -0.2) is 0 Å². The Hall–Kier alpha value is -3.13. The minimum absolute atomic E-state index is 0.00208. The Labute approximate surface area is 169 Å². The maximum Gasteiger partial charge on any atom is 0.311 e. The van der Waals surface area contributed by atoms with Crippen LogP contribution in [0.15, 0.2) is 42.5 Å². The first-order chi connectivity index (χ1) is 13.6. The first kappa shape index (κ1) is 22.2. The van der Waals surface area contributed by atoms with Crippen LogP contribution in [-0.4, -0.2) is 42.3 Å². The van der Waals surface area contributed by atoms with Crippen molar-refractivity contribution in [1.82, 2.24) is 5.32 Å². The fourth-order valence-corrected chi connectivity index (χ4v) is 2.59. The molecule has 0 aliphatic heterocycles. The number of nitrogens with zero attached hydrogens (tertiary/aromatic N) is 1. The molecule has 8 heteroatoms. The normalized spacial score (nSPS) is 12.2. The predicted molar refractivity (Wildman–Crippen MR) is 109 cm³/mol. The highest BCUT2D eigenvalue weighted by Gasteiger charge is 2.19. The van der Waals surface area contributed by atoms with Crippen LogP contribution in [0.4, 0.5) is 5.69 Å². The number of nitrogens with one attached hydrogen (secondary N) is 1. The second kappa shape index (κ2) is 9.38. The van der Waals surface area contributed by atoms with Gasteiger partial charge in [-0.05, 0) is 35.2 Å². The standard InChI is InChI=1S/C21H26N2O6/c1-21(2,3)15-6-8-17(9-7-15)29-13-16(24)12-22-20(25)14-5-10-19(28-4)18(11-14)23(26)27/h5-11,16,24H,12-13H2,1-4H3,(H,22,25)/t16-/m0/s1. The zero-order valence-electron chi connectivity index (χ0n) is 17.0. The molecule has 156 valence electrons. The van der Waals surface area contributed by atoms with Crippen LogP contribution < -0.4 is 14.8 Å². The van der Waals surface area contributed by atoms with E-state index < -0.39 is 16.9 Å². The van der Waals surface area contributed by atoms with Crippen molar-refractivity contribution in [3.8, 4) is 11.5 Å². The molecule has 0 radical (unpaired) electrons. The van der Waals surface area contributed by atoms with Crippen molar-refractivity contribution >= 4 is 11.6 Å². The van der Waals surface area contributed by atoms with Gasteiger partial charge in [0.2, 0.25) is 0 Å². The second-order valence-corrected chi connectivity index (χ2v) is 7.59. The summed E-state index contributed by atoms with van der Waals surface area (Å²) in [7, 11) is 1.31. The molecule has 0 bridgehead atoms. The first-order valence-electron chi connectivity index (χ1n) is 9.14. The molecule has 8 nitrogen and oxygen atoms in total. The SMILES string of the molecule is COc1ccc(C(=O)NC[C@H](O)COc2ccc(C(C)(C)C)cc2)cc1[N+](=O)[O-]. The minimum atomic E-state index is -0.936. The lowest BCUT2D eigenvalue weighted by Crippen LogP contribution is -2.35. The van der Waals surface area contributed by atoms with Gasteiger partial charge in [-0.15, -0.1) is 0 Å². The maximum absolute atomic E-state index is 12.2. The number of rotatable bonds is 8. The van der Waals surface area contributed by atoms with Crippen molar-refractivity contribution in [2.45, 2.75) is 32.3 Å². The smallest absolute Gasteiger partial charge is 0.311 e. The van der Waals surface area contributed by atoms with Gasteiger partial charge in [-0.1, -0.05) is 32.9 Å². The summed E-state index contributed by atoms with van der Waals surface area (Å²) in [4.78, 5) is 22.6. The van der Waals surface area contributed by atoms with E-state index in [0.29, 0.717) is 5.75 Å². The topological polar surface area (TPSA) is 111 Å². The van der Waals surface area contributed by atoms with Crippen molar-refractivity contribution in [2.24, 2.45) is 0 Å². The first-order valence-corrected chi connectivity index (χ1v) is 9.14. The number of hydrogen-bond acceptors (Lipinski definition) is 6. The van der Waals surface area contributed by atoms with E-state index in [9.17, 15) is 20.0 Å². The molecule has 0 fully saturated rings. The van der Waals surface area contributed by atoms with Gasteiger partial charge in [-0.2, -0.15) is 0 Å². The largest absolute Gasteiger partial charge is 0.491 e. The molecule has 0 heterocycles. The number of carbonyl (C=O) groups excluding carboxylic acids is 1. The van der Waals surface area contributed by atoms with Crippen LogP contribution in [0.1, 0.15) is 36.7 Å². The molecule has 0 saturated heterocycles. The van der Waals surface area contributed by atoms with Crippen molar-refractivity contribution in [3.63, 3.8) is 0 Å². The molecular weight excluding hydrogens is 376 g/mol. The summed E-state index contributed by atoms with van der Waals surface area (Å²) in [5.41, 5.74) is 1.01. The number of ether oxygens (including phenoxy) is 2. The fraction of sp³-hybridized carbons (Fsp3) is 0.381. The lowest BCUT2D eigenvalue weighted by atomic mass is 9.87. The summed E-state index contributed by atoms with van der Waals surface area (Å²) < 4.78 is 10.5. The molecule has 2 aromatic rings. The zero-order chi connectivity index (χ0) is 21.6. The average molecular weight is 402 g/mol. The van der Waals surface area contributed by atoms with Crippen LogP contribution in [0.5, 0.6) is 11.5 Å². The van der Waals surface area contributed by atoms with Crippen molar-refractivity contribution in [2.75, 3.05) is 20.3 Å². The van der Waals surface area contributed by atoms with Crippen LogP contribution in [0.2, 0.25) is 0 Å². The van der Waals surface area contributed by atoms with Gasteiger partial charge in [0, 0.05) is 18.2 Å². The number of aliphatic hydroxyl groups is 1. The van der Waals surface area contributed by atoms with Crippen molar-refractivity contribution in [3.05, 3.63) is 63.7 Å². The number of benzene rings is 2. The monoisotopic (exact) mass is 402 g/mol. The molecule has 0 saturated carbocycles. The number of amides is 1. The van der Waals surface area contributed by atoms with E-state index in [1.807, 2.05) is 24.3 Å². The quantitative estimate of drug-likeness (QED) is 0.519. The van der Waals surface area contributed by atoms with Gasteiger partial charge < -0.3 is 19.9 Å². The number of nitro benzene ring substituents is 1. The molecule has 1 atom stereocenters. The zero-order valence-corrected chi connectivity index (χ0v) is 17.0. The lowest BCUT2D eigenvalue weighted by molar-refractivity contribution is -0.385. The molecule has 2 rings (SSSR count). The number of nitro groups is 1. The highest BCUT2D eigenvalue weighted by molar-refractivity contribution is 5.95. The summed E-state index contributed by atoms with van der Waals surface area (Å²) >= 11 is 0. The van der Waals surface area contributed by atoms with E-state index in [1.165, 1.54) is 24.8 Å². The molecule has 2 aromatic carbocycles. The summed E-state index contributed by atoms with van der Waals surface area (Å²) in [6.07, 6.45) is -0.936. The van der Waals surface area contributed by atoms with E-state index in [-0.39, 0.29) is 35.6 Å². The summed E-state index contributed by atoms with van der Waals surface area (Å²) in [6, 6.07) is 11.5. The molecular formula is C21H26N2O6. The van der Waals surface area contributed by atoms with Gasteiger partial charge in [0.25, 0.3) is 5.91 Å². The molecule has 29 heavy (non-hydrogen) atoms. The van der Waals surface area contributed by atoms with Crippen molar-refractivity contribution in [1.29, 1.82) is 0 Å². The highest BCUT2D eigenvalue weighted by atomic mass is 16.6. The van der Waals surface area contributed by atoms with Gasteiger partial charge in [-0.3, -0.25) is 14.9 Å². The fourth-order valence-electron chi connectivity index (χ4n) is 2.59. The Balaban J connectivity index is 1.87. The summed E-state index contributed by atoms with van der Waals surface area (Å²) in [5.74, 6) is 0.149. The average Bonchev–Trinajstić information content (AvgIpc) is 2.69. The predicted octanol–water partition coefficient (Wildman–Crippen LogP) is 3.07. The molecule has 2 N–H and O–H groups in total. The lowest BCUT2D eigenvalue weighted by Gasteiger charge is -2.19. The Morgan fingerprint density at radius 1 is 1.21 bits per heavy atom. The van der Waals surface area contributed by atoms with E-state index >= 15 is 0 Å². The maximum atomic E-state index is 12.2. The Morgan fingerprint density at radius 2 is 1.86 bits per heavy atom. The molecule has 0 aliphatic rings. The third-order valence-corrected chi connectivity index (χ3v) is 4.30. The second-order valence-electron chi connectivity index (χ2n) is 7.59. The van der Waals surface area contributed by atoms with E-state index in [1.54, 1.807) is 0 Å². The Bertz CT molecular complexity index is 858.